The lowest BCUT2D eigenvalue weighted by molar-refractivity contribution is -0.140. The van der Waals surface area contributed by atoms with Crippen molar-refractivity contribution >= 4 is 46.3 Å². The lowest BCUT2D eigenvalue weighted by atomic mass is 10.1. The number of aromatic nitrogens is 2. The second kappa shape index (κ2) is 9.47. The molecule has 8 nitrogen and oxygen atoms in total. The fraction of sp³-hybridized carbons (Fsp3) is 0.130. The minimum Gasteiger partial charge on any atom is -0.493 e. The number of benzene rings is 2. The monoisotopic (exact) mass is 481 g/mol. The van der Waals surface area contributed by atoms with E-state index in [0.717, 1.165) is 27.9 Å². The molecule has 0 unspecified atom stereocenters. The molecule has 2 aromatic carbocycles. The van der Waals surface area contributed by atoms with Crippen LogP contribution >= 0.6 is 24.0 Å². The second-order valence-electron chi connectivity index (χ2n) is 6.94. The molecule has 0 atom stereocenters. The Balaban J connectivity index is 1.82. The van der Waals surface area contributed by atoms with E-state index in [1.165, 1.54) is 0 Å². The van der Waals surface area contributed by atoms with Gasteiger partial charge >= 0.3 is 5.97 Å². The van der Waals surface area contributed by atoms with Crippen LogP contribution in [0.1, 0.15) is 5.56 Å². The Labute approximate surface area is 199 Å². The van der Waals surface area contributed by atoms with Crippen molar-refractivity contribution in [3.05, 3.63) is 65.2 Å². The summed E-state index contributed by atoms with van der Waals surface area (Å²) in [5.74, 6) is -0.448. The van der Waals surface area contributed by atoms with Crippen molar-refractivity contribution < 1.29 is 24.2 Å². The number of methoxy groups -OCH3 is 2. The molecular weight excluding hydrogens is 462 g/mol. The van der Waals surface area contributed by atoms with Gasteiger partial charge in [0, 0.05) is 17.3 Å². The molecule has 0 bridgehead atoms. The molecule has 168 valence electrons. The number of hydrogen-bond acceptors (Lipinski definition) is 7. The largest absolute Gasteiger partial charge is 0.493 e. The maximum atomic E-state index is 12.8. The molecule has 1 N–H and O–H groups in total. The molecular formula is C23H19N3O5S2. The van der Waals surface area contributed by atoms with Gasteiger partial charge < -0.3 is 14.6 Å². The molecule has 33 heavy (non-hydrogen) atoms. The third kappa shape index (κ3) is 4.62. The number of carbonyl (C=O) groups is 2. The number of hydrogen-bond donors (Lipinski definition) is 1. The summed E-state index contributed by atoms with van der Waals surface area (Å²) < 4.78 is 12.7. The third-order valence-electron chi connectivity index (χ3n) is 4.87. The second-order valence-corrected chi connectivity index (χ2v) is 8.62. The van der Waals surface area contributed by atoms with E-state index in [1.807, 2.05) is 48.7 Å². The maximum Gasteiger partial charge on any atom is 0.323 e. The molecule has 0 saturated carbocycles. The summed E-state index contributed by atoms with van der Waals surface area (Å²) in [6.45, 7) is -0.478. The highest BCUT2D eigenvalue weighted by molar-refractivity contribution is 8.26. The molecule has 1 aliphatic rings. The van der Waals surface area contributed by atoms with Crippen LogP contribution in [0.3, 0.4) is 0 Å². The number of nitrogens with zero attached hydrogens (tertiary/aromatic N) is 3. The zero-order valence-electron chi connectivity index (χ0n) is 17.7. The van der Waals surface area contributed by atoms with Crippen molar-refractivity contribution in [1.29, 1.82) is 0 Å². The first kappa shape index (κ1) is 22.6. The topological polar surface area (TPSA) is 93.9 Å². The Kier molecular flexibility index (Phi) is 6.47. The fourth-order valence-corrected chi connectivity index (χ4v) is 4.57. The average Bonchev–Trinajstić information content (AvgIpc) is 3.35. The van der Waals surface area contributed by atoms with Crippen LogP contribution in [0.2, 0.25) is 0 Å². The summed E-state index contributed by atoms with van der Waals surface area (Å²) in [5.41, 5.74) is 2.89. The summed E-state index contributed by atoms with van der Waals surface area (Å²) in [5, 5.41) is 13.8. The Morgan fingerprint density at radius 1 is 1.15 bits per heavy atom. The summed E-state index contributed by atoms with van der Waals surface area (Å²) in [6, 6.07) is 15.0. The summed E-state index contributed by atoms with van der Waals surface area (Å²) in [4.78, 5) is 25.3. The molecule has 1 aromatic heterocycles. The van der Waals surface area contributed by atoms with Gasteiger partial charge in [-0.25, -0.2) is 4.68 Å². The molecule has 0 aliphatic carbocycles. The fourth-order valence-electron chi connectivity index (χ4n) is 3.33. The zero-order chi connectivity index (χ0) is 23.5. The Morgan fingerprint density at radius 3 is 2.55 bits per heavy atom. The van der Waals surface area contributed by atoms with Gasteiger partial charge in [-0.15, -0.1) is 0 Å². The van der Waals surface area contributed by atoms with E-state index in [1.54, 1.807) is 31.0 Å². The number of ether oxygens (including phenoxy) is 2. The van der Waals surface area contributed by atoms with Crippen molar-refractivity contribution in [2.24, 2.45) is 0 Å². The first-order valence-corrected chi connectivity index (χ1v) is 11.0. The number of thioether (sulfide) groups is 1. The third-order valence-corrected chi connectivity index (χ3v) is 6.25. The van der Waals surface area contributed by atoms with Gasteiger partial charge in [0.1, 0.15) is 16.6 Å². The number of para-hydroxylation sites is 1. The number of carbonyl (C=O) groups excluding carboxylic acids is 1. The minimum absolute atomic E-state index is 0.205. The zero-order valence-corrected chi connectivity index (χ0v) is 19.4. The van der Waals surface area contributed by atoms with Crippen molar-refractivity contribution in [2.45, 2.75) is 0 Å². The number of aliphatic carboxylic acids is 1. The van der Waals surface area contributed by atoms with Crippen LogP contribution in [0.15, 0.2) is 59.6 Å². The number of carboxylic acid groups (broad SMARTS) is 1. The van der Waals surface area contributed by atoms with Crippen LogP contribution in [0.4, 0.5) is 0 Å². The molecule has 2 heterocycles. The van der Waals surface area contributed by atoms with E-state index in [-0.39, 0.29) is 4.32 Å². The van der Waals surface area contributed by atoms with Crippen molar-refractivity contribution in [3.8, 4) is 28.4 Å². The van der Waals surface area contributed by atoms with Crippen LogP contribution in [0, 0.1) is 0 Å². The smallest absolute Gasteiger partial charge is 0.323 e. The average molecular weight is 482 g/mol. The first-order valence-electron chi connectivity index (χ1n) is 9.76. The predicted molar refractivity (Wildman–Crippen MR) is 130 cm³/mol. The van der Waals surface area contributed by atoms with Crippen LogP contribution in [0.25, 0.3) is 23.0 Å². The highest BCUT2D eigenvalue weighted by atomic mass is 32.2. The lowest BCUT2D eigenvalue weighted by Gasteiger charge is -2.10. The number of carboxylic acids is 1. The van der Waals surface area contributed by atoms with E-state index in [0.29, 0.717) is 27.7 Å². The lowest BCUT2D eigenvalue weighted by Crippen LogP contribution is -2.33. The van der Waals surface area contributed by atoms with Gasteiger partial charge in [-0.05, 0) is 36.4 Å². The van der Waals surface area contributed by atoms with Crippen LogP contribution in [-0.4, -0.2) is 56.7 Å². The van der Waals surface area contributed by atoms with E-state index in [2.05, 4.69) is 0 Å². The van der Waals surface area contributed by atoms with Crippen LogP contribution < -0.4 is 9.47 Å². The van der Waals surface area contributed by atoms with Crippen LogP contribution in [-0.2, 0) is 9.59 Å². The summed E-state index contributed by atoms with van der Waals surface area (Å²) >= 11 is 6.28. The van der Waals surface area contributed by atoms with E-state index in [4.69, 9.17) is 31.9 Å². The Bertz CT molecular complexity index is 1270. The first-order chi connectivity index (χ1) is 15.9. The van der Waals surface area contributed by atoms with Gasteiger partial charge in [-0.2, -0.15) is 5.10 Å². The molecule has 3 aromatic rings. The normalized spacial score (nSPS) is 14.7. The van der Waals surface area contributed by atoms with Gasteiger partial charge in [0.15, 0.2) is 11.5 Å². The van der Waals surface area contributed by atoms with Crippen molar-refractivity contribution in [3.63, 3.8) is 0 Å². The van der Waals surface area contributed by atoms with Gasteiger partial charge in [0.2, 0.25) is 0 Å². The minimum atomic E-state index is -1.13. The molecule has 1 saturated heterocycles. The van der Waals surface area contributed by atoms with Crippen molar-refractivity contribution in [2.75, 3.05) is 20.8 Å². The van der Waals surface area contributed by atoms with E-state index >= 15 is 0 Å². The molecule has 0 spiro atoms. The molecule has 1 aliphatic heterocycles. The van der Waals surface area contributed by atoms with Crippen molar-refractivity contribution in [1.82, 2.24) is 14.7 Å². The number of amides is 1. The molecule has 4 rings (SSSR count). The van der Waals surface area contributed by atoms with E-state index in [9.17, 15) is 9.59 Å². The SMILES string of the molecule is COc1ccc(-c2nn(-c3ccccc3)cc2C=C2SC(=S)N(CC(=O)O)C2=O)cc1OC. The Morgan fingerprint density at radius 2 is 1.88 bits per heavy atom. The van der Waals surface area contributed by atoms with E-state index < -0.39 is 18.4 Å². The molecule has 1 amide bonds. The maximum absolute atomic E-state index is 12.8. The quantitative estimate of drug-likeness (QED) is 0.402. The standard InChI is InChI=1S/C23H19N3O5S2/c1-30-17-9-8-14(10-18(17)31-2)21-15(12-26(24-21)16-6-4-3-5-7-16)11-19-22(29)25(13-20(27)28)23(32)33-19/h3-12H,13H2,1-2H3,(H,27,28). The predicted octanol–water partition coefficient (Wildman–Crippen LogP) is 3.84. The number of rotatable bonds is 7. The summed E-state index contributed by atoms with van der Waals surface area (Å²) in [6.07, 6.45) is 3.49. The van der Waals surface area contributed by atoms with Gasteiger partial charge in [0.25, 0.3) is 5.91 Å². The van der Waals surface area contributed by atoms with Gasteiger partial charge in [0.05, 0.1) is 24.8 Å². The Hall–Kier alpha value is -3.63. The van der Waals surface area contributed by atoms with Gasteiger partial charge in [-0.1, -0.05) is 42.2 Å². The highest BCUT2D eigenvalue weighted by Crippen LogP contribution is 2.37. The van der Waals surface area contributed by atoms with Crippen LogP contribution in [0.5, 0.6) is 11.5 Å². The van der Waals surface area contributed by atoms with Gasteiger partial charge in [-0.3, -0.25) is 14.5 Å². The highest BCUT2D eigenvalue weighted by Gasteiger charge is 2.33. The molecule has 0 radical (unpaired) electrons. The summed E-state index contributed by atoms with van der Waals surface area (Å²) in [7, 11) is 3.12. The molecule has 10 heteroatoms. The molecule has 1 fully saturated rings. The number of thiocarbonyl (C=S) groups is 1.